The molecule has 0 aliphatic rings. The van der Waals surface area contributed by atoms with Crippen molar-refractivity contribution in [3.8, 4) is 6.07 Å². The number of rotatable bonds is 8. The Hall–Kier alpha value is -1.03. The van der Waals surface area contributed by atoms with Gasteiger partial charge in [-0.15, -0.1) is 13.2 Å². The van der Waals surface area contributed by atoms with Gasteiger partial charge in [-0.3, -0.25) is 0 Å². The molecular weight excluding hydrogens is 182 g/mol. The van der Waals surface area contributed by atoms with E-state index in [0.29, 0.717) is 0 Å². The Kier molecular flexibility index (Phi) is 6.79. The van der Waals surface area contributed by atoms with Gasteiger partial charge in [-0.1, -0.05) is 11.6 Å². The Morgan fingerprint density at radius 2 is 2.00 bits per heavy atom. The highest BCUT2D eigenvalue weighted by atomic mass is 14.3. The molecule has 0 aromatic carbocycles. The van der Waals surface area contributed by atoms with Crippen molar-refractivity contribution in [2.75, 3.05) is 0 Å². The fourth-order valence-corrected chi connectivity index (χ4v) is 1.65. The lowest BCUT2D eigenvalue weighted by molar-refractivity contribution is 0.353. The summed E-state index contributed by atoms with van der Waals surface area (Å²) in [5, 5.41) is 9.15. The molecule has 0 saturated heterocycles. The first-order valence-corrected chi connectivity index (χ1v) is 5.70. The largest absolute Gasteiger partial charge is 0.198 e. The Bertz CT molecular complexity index is 247. The summed E-state index contributed by atoms with van der Waals surface area (Å²) in [6.45, 7) is 11.7. The quantitative estimate of drug-likeness (QED) is 0.419. The van der Waals surface area contributed by atoms with E-state index in [1.165, 1.54) is 5.57 Å². The van der Waals surface area contributed by atoms with E-state index in [0.717, 1.165) is 38.5 Å². The maximum Gasteiger partial charge on any atom is 0.0686 e. The predicted molar refractivity (Wildman–Crippen MR) is 66.4 cm³/mol. The Morgan fingerprint density at radius 1 is 1.40 bits per heavy atom. The van der Waals surface area contributed by atoms with Crippen molar-refractivity contribution in [1.82, 2.24) is 0 Å². The van der Waals surface area contributed by atoms with Crippen LogP contribution in [0.1, 0.15) is 52.4 Å². The standard InChI is InChI=1S/C14H23N/c1-5-6-7-10-14(4,12-15)11-8-9-13(2)3/h5H,1-2,6-11H2,3-4H3/t14-/m0/s1. The topological polar surface area (TPSA) is 23.8 Å². The molecule has 0 rings (SSSR count). The van der Waals surface area contributed by atoms with Gasteiger partial charge in [0.05, 0.1) is 11.5 Å². The Morgan fingerprint density at radius 3 is 2.47 bits per heavy atom. The summed E-state index contributed by atoms with van der Waals surface area (Å²) in [5.74, 6) is 0. The van der Waals surface area contributed by atoms with E-state index in [4.69, 9.17) is 5.26 Å². The average molecular weight is 205 g/mol. The fraction of sp³-hybridized carbons (Fsp3) is 0.643. The summed E-state index contributed by atoms with van der Waals surface area (Å²) in [6.07, 6.45) is 8.08. The molecule has 0 aromatic rings. The lowest BCUT2D eigenvalue weighted by Gasteiger charge is -2.20. The van der Waals surface area contributed by atoms with Crippen LogP contribution >= 0.6 is 0 Å². The SMILES string of the molecule is C=CCCC[C@](C)(C#N)CCCC(=C)C. The van der Waals surface area contributed by atoms with Crippen LogP contribution in [0.3, 0.4) is 0 Å². The molecule has 0 unspecified atom stereocenters. The third-order valence-electron chi connectivity index (χ3n) is 2.74. The summed E-state index contributed by atoms with van der Waals surface area (Å²) in [5.41, 5.74) is 1.06. The maximum atomic E-state index is 9.15. The number of nitrogens with zero attached hydrogens (tertiary/aromatic N) is 1. The highest BCUT2D eigenvalue weighted by Gasteiger charge is 2.22. The van der Waals surface area contributed by atoms with Crippen molar-refractivity contribution < 1.29 is 0 Å². The van der Waals surface area contributed by atoms with Crippen molar-refractivity contribution >= 4 is 0 Å². The molecule has 1 nitrogen and oxygen atoms in total. The van der Waals surface area contributed by atoms with Gasteiger partial charge in [0.25, 0.3) is 0 Å². The first-order valence-electron chi connectivity index (χ1n) is 5.70. The van der Waals surface area contributed by atoms with E-state index >= 15 is 0 Å². The molecule has 0 saturated carbocycles. The van der Waals surface area contributed by atoms with Gasteiger partial charge in [-0.05, 0) is 52.4 Å². The second kappa shape index (κ2) is 7.29. The summed E-state index contributed by atoms with van der Waals surface area (Å²) in [7, 11) is 0. The van der Waals surface area contributed by atoms with Crippen LogP contribution in [0.4, 0.5) is 0 Å². The fourth-order valence-electron chi connectivity index (χ4n) is 1.65. The normalized spacial score (nSPS) is 13.9. The molecule has 0 fully saturated rings. The van der Waals surface area contributed by atoms with Crippen LogP contribution in [0.5, 0.6) is 0 Å². The second-order valence-electron chi connectivity index (χ2n) is 4.66. The van der Waals surface area contributed by atoms with Gasteiger partial charge in [-0.2, -0.15) is 5.26 Å². The van der Waals surface area contributed by atoms with Crippen LogP contribution in [-0.2, 0) is 0 Å². The number of hydrogen-bond acceptors (Lipinski definition) is 1. The molecule has 15 heavy (non-hydrogen) atoms. The van der Waals surface area contributed by atoms with Crippen molar-refractivity contribution in [1.29, 1.82) is 5.26 Å². The van der Waals surface area contributed by atoms with Gasteiger partial charge < -0.3 is 0 Å². The van der Waals surface area contributed by atoms with Crippen molar-refractivity contribution in [3.63, 3.8) is 0 Å². The number of allylic oxidation sites excluding steroid dienone is 2. The molecule has 84 valence electrons. The predicted octanol–water partition coefficient (Wildman–Crippen LogP) is 4.62. The Balaban J connectivity index is 3.91. The number of nitriles is 1. The highest BCUT2D eigenvalue weighted by molar-refractivity contribution is 4.97. The van der Waals surface area contributed by atoms with Gasteiger partial charge >= 0.3 is 0 Å². The molecule has 0 radical (unpaired) electrons. The Labute approximate surface area is 94.5 Å². The molecular formula is C14H23N. The molecule has 0 spiro atoms. The number of unbranched alkanes of at least 4 members (excludes halogenated alkanes) is 1. The summed E-state index contributed by atoms with van der Waals surface area (Å²) in [6, 6.07) is 2.45. The molecule has 0 aliphatic heterocycles. The summed E-state index contributed by atoms with van der Waals surface area (Å²) in [4.78, 5) is 0. The first kappa shape index (κ1) is 14.0. The van der Waals surface area contributed by atoms with Crippen LogP contribution in [0, 0.1) is 16.7 Å². The first-order chi connectivity index (χ1) is 7.04. The zero-order chi connectivity index (χ0) is 11.7. The van der Waals surface area contributed by atoms with Crippen molar-refractivity contribution in [3.05, 3.63) is 24.8 Å². The van der Waals surface area contributed by atoms with E-state index in [-0.39, 0.29) is 5.41 Å². The van der Waals surface area contributed by atoms with Gasteiger partial charge in [0, 0.05) is 0 Å². The molecule has 0 N–H and O–H groups in total. The van der Waals surface area contributed by atoms with Crippen LogP contribution in [-0.4, -0.2) is 0 Å². The zero-order valence-corrected chi connectivity index (χ0v) is 10.2. The van der Waals surface area contributed by atoms with Gasteiger partial charge in [0.2, 0.25) is 0 Å². The third kappa shape index (κ3) is 6.96. The van der Waals surface area contributed by atoms with Crippen LogP contribution in [0.25, 0.3) is 0 Å². The molecule has 0 amide bonds. The monoisotopic (exact) mass is 205 g/mol. The second-order valence-corrected chi connectivity index (χ2v) is 4.66. The number of hydrogen-bond donors (Lipinski definition) is 0. The molecule has 0 heterocycles. The third-order valence-corrected chi connectivity index (χ3v) is 2.74. The van der Waals surface area contributed by atoms with Crippen LogP contribution < -0.4 is 0 Å². The minimum absolute atomic E-state index is 0.154. The van der Waals surface area contributed by atoms with E-state index in [1.807, 2.05) is 13.0 Å². The van der Waals surface area contributed by atoms with Crippen molar-refractivity contribution in [2.24, 2.45) is 5.41 Å². The average Bonchev–Trinajstić information content (AvgIpc) is 2.18. The van der Waals surface area contributed by atoms with Gasteiger partial charge in [-0.25, -0.2) is 0 Å². The van der Waals surface area contributed by atoms with Crippen LogP contribution in [0.15, 0.2) is 24.8 Å². The minimum atomic E-state index is -0.154. The highest BCUT2D eigenvalue weighted by Crippen LogP contribution is 2.30. The molecule has 0 aromatic heterocycles. The zero-order valence-electron chi connectivity index (χ0n) is 10.2. The molecule has 1 atom stereocenters. The maximum absolute atomic E-state index is 9.15. The molecule has 0 bridgehead atoms. The summed E-state index contributed by atoms with van der Waals surface area (Å²) < 4.78 is 0. The minimum Gasteiger partial charge on any atom is -0.198 e. The lowest BCUT2D eigenvalue weighted by Crippen LogP contribution is -2.13. The van der Waals surface area contributed by atoms with Gasteiger partial charge in [0.1, 0.15) is 0 Å². The van der Waals surface area contributed by atoms with Crippen LogP contribution in [0.2, 0.25) is 0 Å². The molecule has 0 aliphatic carbocycles. The lowest BCUT2D eigenvalue weighted by atomic mass is 9.81. The smallest absolute Gasteiger partial charge is 0.0686 e. The van der Waals surface area contributed by atoms with Gasteiger partial charge in [0.15, 0.2) is 0 Å². The van der Waals surface area contributed by atoms with E-state index < -0.39 is 0 Å². The van der Waals surface area contributed by atoms with E-state index in [1.54, 1.807) is 0 Å². The summed E-state index contributed by atoms with van der Waals surface area (Å²) >= 11 is 0. The van der Waals surface area contributed by atoms with E-state index in [9.17, 15) is 0 Å². The van der Waals surface area contributed by atoms with Crippen molar-refractivity contribution in [2.45, 2.75) is 52.4 Å². The molecule has 1 heteroatoms. The van der Waals surface area contributed by atoms with E-state index in [2.05, 4.69) is 26.2 Å².